The van der Waals surface area contributed by atoms with Crippen molar-refractivity contribution in [3.8, 4) is 11.6 Å². The summed E-state index contributed by atoms with van der Waals surface area (Å²) < 4.78 is 5.84. The Balaban J connectivity index is 1.32. The highest BCUT2D eigenvalue weighted by atomic mass is 35.5. The van der Waals surface area contributed by atoms with E-state index in [-0.39, 0.29) is 22.7 Å². The van der Waals surface area contributed by atoms with E-state index in [1.165, 1.54) is 6.20 Å². The summed E-state index contributed by atoms with van der Waals surface area (Å²) in [5.74, 6) is 0.941. The number of anilines is 3. The summed E-state index contributed by atoms with van der Waals surface area (Å²) in [4.78, 5) is 35.0. The molecule has 2 aromatic carbocycles. The lowest BCUT2D eigenvalue weighted by molar-refractivity contribution is -0.121. The Kier molecular flexibility index (Phi) is 5.40. The van der Waals surface area contributed by atoms with Crippen LogP contribution in [0.1, 0.15) is 42.6 Å². The minimum absolute atomic E-state index is 0.0501. The molecule has 5 rings (SSSR count). The first-order valence-electron chi connectivity index (χ1n) is 11.0. The SMILES string of the molecule is CN1C(=O)C(C)(C)c2cc(Nc3ncc(Cl)c(Oc4ccc(C(=O)NC5CC5)cc4)n3)ccc21. The molecule has 0 bridgehead atoms. The van der Waals surface area contributed by atoms with E-state index in [0.717, 1.165) is 29.8 Å². The number of amides is 2. The van der Waals surface area contributed by atoms with Gasteiger partial charge in [0, 0.05) is 30.0 Å². The van der Waals surface area contributed by atoms with Crippen molar-refractivity contribution >= 4 is 40.7 Å². The molecule has 3 aromatic rings. The van der Waals surface area contributed by atoms with Crippen LogP contribution in [0.2, 0.25) is 5.02 Å². The van der Waals surface area contributed by atoms with Gasteiger partial charge in [-0.1, -0.05) is 11.6 Å². The summed E-state index contributed by atoms with van der Waals surface area (Å²) in [7, 11) is 1.78. The van der Waals surface area contributed by atoms with Crippen LogP contribution in [-0.2, 0) is 10.2 Å². The highest BCUT2D eigenvalue weighted by Gasteiger charge is 2.42. The molecule has 2 amide bonds. The van der Waals surface area contributed by atoms with Gasteiger partial charge in [0.1, 0.15) is 10.8 Å². The van der Waals surface area contributed by atoms with Crippen LogP contribution in [0.5, 0.6) is 11.6 Å². The van der Waals surface area contributed by atoms with Gasteiger partial charge in [0.2, 0.25) is 17.7 Å². The number of likely N-dealkylation sites (N-methyl/N-ethyl adjacent to an activating group) is 1. The van der Waals surface area contributed by atoms with Crippen molar-refractivity contribution in [2.75, 3.05) is 17.3 Å². The lowest BCUT2D eigenvalue weighted by Gasteiger charge is -2.17. The number of aromatic nitrogens is 2. The highest BCUT2D eigenvalue weighted by molar-refractivity contribution is 6.31. The van der Waals surface area contributed by atoms with Gasteiger partial charge in [0.15, 0.2) is 0 Å². The van der Waals surface area contributed by atoms with Gasteiger partial charge in [-0.15, -0.1) is 0 Å². The van der Waals surface area contributed by atoms with Gasteiger partial charge >= 0.3 is 0 Å². The summed E-state index contributed by atoms with van der Waals surface area (Å²) in [5, 5.41) is 6.37. The minimum atomic E-state index is -0.612. The molecule has 8 nitrogen and oxygen atoms in total. The topological polar surface area (TPSA) is 96.5 Å². The quantitative estimate of drug-likeness (QED) is 0.528. The van der Waals surface area contributed by atoms with Gasteiger partial charge in [-0.25, -0.2) is 4.98 Å². The number of carbonyl (C=O) groups is 2. The molecule has 0 atom stereocenters. The Morgan fingerprint density at radius 1 is 1.18 bits per heavy atom. The van der Waals surface area contributed by atoms with E-state index in [4.69, 9.17) is 16.3 Å². The van der Waals surface area contributed by atoms with Gasteiger partial charge in [-0.2, -0.15) is 4.98 Å². The van der Waals surface area contributed by atoms with Crippen LogP contribution in [-0.4, -0.2) is 34.9 Å². The van der Waals surface area contributed by atoms with Crippen molar-refractivity contribution < 1.29 is 14.3 Å². The molecule has 0 spiro atoms. The van der Waals surface area contributed by atoms with Gasteiger partial charge in [0.25, 0.3) is 5.91 Å². The molecule has 2 aliphatic rings. The Hall–Kier alpha value is -3.65. The number of benzene rings is 2. The molecular formula is C25H24ClN5O3. The van der Waals surface area contributed by atoms with E-state index in [2.05, 4.69) is 20.6 Å². The van der Waals surface area contributed by atoms with Crippen molar-refractivity contribution in [1.29, 1.82) is 0 Å². The zero-order chi connectivity index (χ0) is 24.0. The van der Waals surface area contributed by atoms with E-state index in [1.54, 1.807) is 36.2 Å². The molecule has 1 saturated carbocycles. The lowest BCUT2D eigenvalue weighted by atomic mass is 9.86. The number of fused-ring (bicyclic) bond motifs is 1. The van der Waals surface area contributed by atoms with Crippen LogP contribution in [0, 0.1) is 0 Å². The third-order valence-electron chi connectivity index (χ3n) is 6.08. The fourth-order valence-corrected chi connectivity index (χ4v) is 4.08. The van der Waals surface area contributed by atoms with E-state index < -0.39 is 5.41 Å². The van der Waals surface area contributed by atoms with Crippen LogP contribution in [0.25, 0.3) is 0 Å². The van der Waals surface area contributed by atoms with E-state index >= 15 is 0 Å². The van der Waals surface area contributed by atoms with E-state index in [9.17, 15) is 9.59 Å². The van der Waals surface area contributed by atoms with Crippen molar-refractivity contribution in [3.63, 3.8) is 0 Å². The largest absolute Gasteiger partial charge is 0.437 e. The van der Waals surface area contributed by atoms with Crippen LogP contribution in [0.15, 0.2) is 48.7 Å². The molecule has 174 valence electrons. The monoisotopic (exact) mass is 477 g/mol. The predicted octanol–water partition coefficient (Wildman–Crippen LogP) is 4.81. The van der Waals surface area contributed by atoms with Crippen molar-refractivity contribution in [1.82, 2.24) is 15.3 Å². The first-order valence-corrected chi connectivity index (χ1v) is 11.4. The number of carbonyl (C=O) groups excluding carboxylic acids is 2. The number of hydrogen-bond acceptors (Lipinski definition) is 6. The van der Waals surface area contributed by atoms with E-state index in [1.807, 2.05) is 32.0 Å². The molecule has 1 fully saturated rings. The maximum atomic E-state index is 12.5. The Bertz CT molecular complexity index is 1290. The fourth-order valence-electron chi connectivity index (χ4n) is 3.95. The van der Waals surface area contributed by atoms with Crippen LogP contribution < -0.4 is 20.3 Å². The zero-order valence-electron chi connectivity index (χ0n) is 19.1. The number of nitrogens with one attached hydrogen (secondary N) is 2. The number of halogens is 1. The Morgan fingerprint density at radius 3 is 2.62 bits per heavy atom. The number of nitrogens with zero attached hydrogens (tertiary/aromatic N) is 3. The zero-order valence-corrected chi connectivity index (χ0v) is 19.8. The second-order valence-corrected chi connectivity index (χ2v) is 9.47. The molecule has 2 heterocycles. The van der Waals surface area contributed by atoms with Gasteiger partial charge in [-0.05, 0) is 74.7 Å². The second-order valence-electron chi connectivity index (χ2n) is 9.07. The Labute approximate surface area is 202 Å². The highest BCUT2D eigenvalue weighted by Crippen LogP contribution is 2.42. The van der Waals surface area contributed by atoms with E-state index in [0.29, 0.717) is 23.3 Å². The second kappa shape index (κ2) is 8.29. The average molecular weight is 478 g/mol. The molecule has 1 aliphatic heterocycles. The molecule has 1 aliphatic carbocycles. The first kappa shape index (κ1) is 22.2. The number of hydrogen-bond donors (Lipinski definition) is 2. The lowest BCUT2D eigenvalue weighted by Crippen LogP contribution is -2.33. The third-order valence-corrected chi connectivity index (χ3v) is 6.34. The summed E-state index contributed by atoms with van der Waals surface area (Å²) in [6.07, 6.45) is 3.53. The first-order chi connectivity index (χ1) is 16.2. The molecular weight excluding hydrogens is 454 g/mol. The summed E-state index contributed by atoms with van der Waals surface area (Å²) >= 11 is 6.26. The normalized spacial score (nSPS) is 16.2. The minimum Gasteiger partial charge on any atom is -0.437 e. The number of rotatable bonds is 6. The van der Waals surface area contributed by atoms with Gasteiger partial charge in [-0.3, -0.25) is 9.59 Å². The van der Waals surface area contributed by atoms with Crippen molar-refractivity contribution in [3.05, 3.63) is 64.8 Å². The third kappa shape index (κ3) is 4.17. The number of ether oxygens (including phenoxy) is 1. The Morgan fingerprint density at radius 2 is 1.91 bits per heavy atom. The van der Waals surface area contributed by atoms with Crippen molar-refractivity contribution in [2.24, 2.45) is 0 Å². The smallest absolute Gasteiger partial charge is 0.251 e. The maximum absolute atomic E-state index is 12.5. The van der Waals surface area contributed by atoms with Crippen LogP contribution in [0.3, 0.4) is 0 Å². The standard InChI is InChI=1S/C25H24ClN5O3/c1-25(2)18-12-16(8-11-20(18)31(3)23(25)33)29-24-27-13-19(26)22(30-24)34-17-9-4-14(5-10-17)21(32)28-15-6-7-15/h4-5,8-13,15H,6-7H2,1-3H3,(H,28,32)(H,27,29,30). The fraction of sp³-hybridized carbons (Fsp3) is 0.280. The molecule has 0 unspecified atom stereocenters. The maximum Gasteiger partial charge on any atom is 0.251 e. The van der Waals surface area contributed by atoms with Crippen LogP contribution in [0.4, 0.5) is 17.3 Å². The molecule has 1 aromatic heterocycles. The van der Waals surface area contributed by atoms with Gasteiger partial charge < -0.3 is 20.3 Å². The summed E-state index contributed by atoms with van der Waals surface area (Å²) in [6.45, 7) is 3.82. The molecule has 2 N–H and O–H groups in total. The van der Waals surface area contributed by atoms with Crippen LogP contribution >= 0.6 is 11.6 Å². The predicted molar refractivity (Wildman–Crippen MR) is 130 cm³/mol. The van der Waals surface area contributed by atoms with Gasteiger partial charge in [0.05, 0.1) is 11.6 Å². The average Bonchev–Trinajstić information content (AvgIpc) is 3.62. The molecule has 0 radical (unpaired) electrons. The summed E-state index contributed by atoms with van der Waals surface area (Å²) in [6, 6.07) is 12.8. The molecule has 0 saturated heterocycles. The molecule has 9 heteroatoms. The van der Waals surface area contributed by atoms with Crippen molar-refractivity contribution in [2.45, 2.75) is 38.1 Å². The molecule has 34 heavy (non-hydrogen) atoms. The summed E-state index contributed by atoms with van der Waals surface area (Å²) in [5.41, 5.74) is 2.52.